The number of hydrogen-bond donors (Lipinski definition) is 4. The largest absolute Gasteiger partial charge is 0.445 e. The van der Waals surface area contributed by atoms with Crippen LogP contribution in [0, 0.1) is 0 Å². The summed E-state index contributed by atoms with van der Waals surface area (Å²) in [6.45, 7) is 1.89. The van der Waals surface area contributed by atoms with Crippen molar-refractivity contribution in [3.8, 4) is 0 Å². The maximum Gasteiger partial charge on any atom is 0.407 e. The molecule has 36 heavy (non-hydrogen) atoms. The van der Waals surface area contributed by atoms with E-state index in [9.17, 15) is 19.8 Å². The molecule has 0 radical (unpaired) electrons. The third-order valence-electron chi connectivity index (χ3n) is 5.37. The Kier molecular flexibility index (Phi) is 14.4. The van der Waals surface area contributed by atoms with Crippen LogP contribution in [0.4, 0.5) is 10.6 Å². The van der Waals surface area contributed by atoms with Crippen LogP contribution >= 0.6 is 11.6 Å². The third kappa shape index (κ3) is 10.8. The average Bonchev–Trinajstić information content (AvgIpc) is 3.23. The van der Waals surface area contributed by atoms with Crippen LogP contribution in [0.15, 0.2) is 17.1 Å². The van der Waals surface area contributed by atoms with Gasteiger partial charge >= 0.3 is 11.8 Å². The number of aromatic nitrogens is 2. The molecule has 1 aromatic heterocycles. The average molecular weight is 533 g/mol. The number of ether oxygens (including phenoxy) is 4. The van der Waals surface area contributed by atoms with E-state index in [4.69, 9.17) is 36.3 Å². The smallest absolute Gasteiger partial charge is 0.407 e. The minimum atomic E-state index is -0.893. The van der Waals surface area contributed by atoms with Gasteiger partial charge in [-0.3, -0.25) is 4.57 Å². The van der Waals surface area contributed by atoms with Gasteiger partial charge in [0, 0.05) is 37.2 Å². The van der Waals surface area contributed by atoms with Crippen LogP contribution < -0.4 is 16.7 Å². The zero-order chi connectivity index (χ0) is 26.2. The molecule has 0 saturated carbocycles. The van der Waals surface area contributed by atoms with Gasteiger partial charge < -0.3 is 40.2 Å². The number of carbonyl (C=O) groups is 1. The van der Waals surface area contributed by atoms with E-state index in [1.807, 2.05) is 0 Å². The molecule has 13 heteroatoms. The lowest BCUT2D eigenvalue weighted by Gasteiger charge is -2.15. The van der Waals surface area contributed by atoms with Gasteiger partial charge in [-0.1, -0.05) is 18.9 Å². The molecule has 1 aliphatic heterocycles. The minimum Gasteiger partial charge on any atom is -0.445 e. The van der Waals surface area contributed by atoms with Crippen molar-refractivity contribution in [2.45, 2.75) is 50.5 Å². The summed E-state index contributed by atoms with van der Waals surface area (Å²) in [5.74, 6) is 0.705. The number of nitrogens with zero attached hydrogens (tertiary/aromatic N) is 2. The van der Waals surface area contributed by atoms with Crippen molar-refractivity contribution in [3.05, 3.63) is 28.3 Å². The molecular weight excluding hydrogens is 496 g/mol. The highest BCUT2D eigenvalue weighted by atomic mass is 35.5. The molecule has 1 fully saturated rings. The van der Waals surface area contributed by atoms with Crippen LogP contribution in [0.2, 0.25) is 0 Å². The van der Waals surface area contributed by atoms with Gasteiger partial charge in [-0.15, -0.1) is 11.6 Å². The van der Waals surface area contributed by atoms with E-state index in [1.165, 1.54) is 10.8 Å². The number of alkyl halides is 1. The van der Waals surface area contributed by atoms with Crippen molar-refractivity contribution in [1.29, 1.82) is 0 Å². The van der Waals surface area contributed by atoms with Gasteiger partial charge in [0.05, 0.1) is 32.5 Å². The number of anilines is 1. The number of nitrogen functional groups attached to an aromatic ring is 1. The lowest BCUT2D eigenvalue weighted by Crippen LogP contribution is -2.29. The molecule has 0 aliphatic carbocycles. The predicted octanol–water partition coefficient (Wildman–Crippen LogP) is 1.04. The molecule has 1 aromatic rings. The molecular formula is C23H37ClN4O8. The van der Waals surface area contributed by atoms with Gasteiger partial charge in [-0.2, -0.15) is 4.98 Å². The van der Waals surface area contributed by atoms with E-state index in [1.54, 1.807) is 12.2 Å². The minimum absolute atomic E-state index is 0.00153. The van der Waals surface area contributed by atoms with Gasteiger partial charge in [0.15, 0.2) is 0 Å². The number of rotatable bonds is 17. The summed E-state index contributed by atoms with van der Waals surface area (Å²) < 4.78 is 22.6. The molecule has 2 heterocycles. The molecule has 0 bridgehead atoms. The second kappa shape index (κ2) is 17.3. The molecule has 1 aliphatic rings. The van der Waals surface area contributed by atoms with Crippen LogP contribution in [0.3, 0.4) is 0 Å². The summed E-state index contributed by atoms with van der Waals surface area (Å²) in [6.07, 6.45) is 5.92. The number of aliphatic hydroxyl groups is 2. The van der Waals surface area contributed by atoms with E-state index >= 15 is 0 Å². The van der Waals surface area contributed by atoms with Gasteiger partial charge in [0.25, 0.3) is 0 Å². The lowest BCUT2D eigenvalue weighted by atomic mass is 10.2. The zero-order valence-electron chi connectivity index (χ0n) is 20.4. The summed E-state index contributed by atoms with van der Waals surface area (Å²) in [7, 11) is 0. The molecule has 0 aromatic carbocycles. The van der Waals surface area contributed by atoms with Crippen molar-refractivity contribution in [1.82, 2.24) is 14.9 Å². The van der Waals surface area contributed by atoms with Crippen LogP contribution in [0.1, 0.15) is 43.9 Å². The number of amides is 1. The van der Waals surface area contributed by atoms with E-state index < -0.39 is 30.2 Å². The van der Waals surface area contributed by atoms with Gasteiger partial charge in [-0.05, 0) is 18.9 Å². The SMILES string of the molecule is Nc1nc(=O)n([C@H]2CC(O)[C@@H](CO)O2)cc1C=CCOC(=O)NCCOCCOCCCCCCCl. The number of hydrogen-bond acceptors (Lipinski definition) is 10. The van der Waals surface area contributed by atoms with Crippen molar-refractivity contribution >= 4 is 29.6 Å². The molecule has 204 valence electrons. The normalized spacial score (nSPS) is 19.7. The number of carbonyl (C=O) groups excluding carboxylic acids is 1. The maximum atomic E-state index is 12.2. The second-order valence-corrected chi connectivity index (χ2v) is 8.52. The first-order chi connectivity index (χ1) is 17.5. The third-order valence-corrected chi connectivity index (χ3v) is 5.64. The molecule has 12 nitrogen and oxygen atoms in total. The Bertz CT molecular complexity index is 869. The topological polar surface area (TPSA) is 167 Å². The first kappa shape index (κ1) is 30.0. The summed E-state index contributed by atoms with van der Waals surface area (Å²) in [6, 6.07) is 0. The lowest BCUT2D eigenvalue weighted by molar-refractivity contribution is -0.0458. The number of halogens is 1. The number of nitrogens with one attached hydrogen (secondary N) is 1. The van der Waals surface area contributed by atoms with Crippen LogP contribution in [0.5, 0.6) is 0 Å². The van der Waals surface area contributed by atoms with Crippen molar-refractivity contribution in [2.24, 2.45) is 0 Å². The monoisotopic (exact) mass is 532 g/mol. The molecule has 5 N–H and O–H groups in total. The Labute approximate surface area is 215 Å². The Hall–Kier alpha value is -2.22. The fourth-order valence-corrected chi connectivity index (χ4v) is 3.62. The summed E-state index contributed by atoms with van der Waals surface area (Å²) in [5.41, 5.74) is 5.59. The summed E-state index contributed by atoms with van der Waals surface area (Å²) >= 11 is 5.63. The predicted molar refractivity (Wildman–Crippen MR) is 134 cm³/mol. The fourth-order valence-electron chi connectivity index (χ4n) is 3.43. The van der Waals surface area contributed by atoms with Gasteiger partial charge in [0.1, 0.15) is 24.8 Å². The maximum absolute atomic E-state index is 12.2. The highest BCUT2D eigenvalue weighted by Crippen LogP contribution is 2.27. The Morgan fingerprint density at radius 2 is 2.00 bits per heavy atom. The van der Waals surface area contributed by atoms with Gasteiger partial charge in [-0.25, -0.2) is 9.59 Å². The molecule has 1 saturated heterocycles. The number of alkyl carbamates (subject to hydrolysis) is 1. The Morgan fingerprint density at radius 3 is 2.72 bits per heavy atom. The summed E-state index contributed by atoms with van der Waals surface area (Å²) in [4.78, 5) is 27.7. The first-order valence-corrected chi connectivity index (χ1v) is 12.6. The standard InChI is InChI=1S/C23H37ClN4O8/c24-7-3-1-2-4-9-33-12-13-34-11-8-26-23(32)35-10-5-6-17-15-28(22(31)27-21(17)25)20-14-18(30)19(16-29)36-20/h5-6,15,18-20,29-30H,1-4,7-14,16H2,(H,26,32)(H2,25,27,31)/t18?,19-,20-/m1/s1. The zero-order valence-corrected chi connectivity index (χ0v) is 21.1. The van der Waals surface area contributed by atoms with Crippen LogP contribution in [0.25, 0.3) is 6.08 Å². The molecule has 0 spiro atoms. The number of unbranched alkanes of at least 4 members (excludes halogenated alkanes) is 3. The van der Waals surface area contributed by atoms with Crippen LogP contribution in [-0.2, 0) is 18.9 Å². The fraction of sp³-hybridized carbons (Fsp3) is 0.696. The molecule has 3 atom stereocenters. The summed E-state index contributed by atoms with van der Waals surface area (Å²) in [5, 5.41) is 21.7. The van der Waals surface area contributed by atoms with Gasteiger partial charge in [0.2, 0.25) is 0 Å². The quantitative estimate of drug-likeness (QED) is 0.168. The number of nitrogens with two attached hydrogens (primary N) is 1. The van der Waals surface area contributed by atoms with E-state index in [-0.39, 0.29) is 25.5 Å². The number of aliphatic hydroxyl groups excluding tert-OH is 2. The van der Waals surface area contributed by atoms with Crippen molar-refractivity contribution in [2.75, 3.05) is 57.8 Å². The van der Waals surface area contributed by atoms with E-state index in [2.05, 4.69) is 10.3 Å². The Morgan fingerprint density at radius 1 is 1.25 bits per heavy atom. The molecule has 2 rings (SSSR count). The van der Waals surface area contributed by atoms with Crippen molar-refractivity contribution < 1.29 is 34.0 Å². The Balaban J connectivity index is 1.61. The van der Waals surface area contributed by atoms with E-state index in [0.717, 1.165) is 25.7 Å². The van der Waals surface area contributed by atoms with Crippen LogP contribution in [-0.4, -0.2) is 90.1 Å². The highest BCUT2D eigenvalue weighted by molar-refractivity contribution is 6.17. The molecule has 1 amide bonds. The molecule has 1 unspecified atom stereocenters. The second-order valence-electron chi connectivity index (χ2n) is 8.14. The highest BCUT2D eigenvalue weighted by Gasteiger charge is 2.35. The first-order valence-electron chi connectivity index (χ1n) is 12.1. The van der Waals surface area contributed by atoms with Crippen molar-refractivity contribution in [3.63, 3.8) is 0 Å². The van der Waals surface area contributed by atoms with E-state index in [0.29, 0.717) is 44.4 Å².